The monoisotopic (exact) mass is 393 g/mol. The summed E-state index contributed by atoms with van der Waals surface area (Å²) < 4.78 is 0. The van der Waals surface area contributed by atoms with Crippen molar-refractivity contribution in [1.82, 2.24) is 4.90 Å². The molecule has 27 heavy (non-hydrogen) atoms. The number of carbonyl (C=O) groups is 1. The summed E-state index contributed by atoms with van der Waals surface area (Å²) in [5.41, 5.74) is 7.43. The molecule has 2 atom stereocenters. The van der Waals surface area contributed by atoms with Gasteiger partial charge in [0, 0.05) is 36.7 Å². The first-order valence-electron chi connectivity index (χ1n) is 9.82. The number of nitrogens with two attached hydrogens (primary N) is 1. The van der Waals surface area contributed by atoms with E-state index in [0.29, 0.717) is 24.4 Å². The van der Waals surface area contributed by atoms with Crippen LogP contribution < -0.4 is 5.73 Å². The van der Waals surface area contributed by atoms with Crippen LogP contribution in [0.4, 0.5) is 5.69 Å². The lowest BCUT2D eigenvalue weighted by molar-refractivity contribution is -0.384. The molecule has 2 bridgehead atoms. The zero-order valence-corrected chi connectivity index (χ0v) is 16.3. The molecule has 6 nitrogen and oxygen atoms in total. The Morgan fingerprint density at radius 3 is 2.22 bits per heavy atom. The van der Waals surface area contributed by atoms with Crippen LogP contribution in [0.2, 0.25) is 0 Å². The number of amides is 1. The Kier molecular flexibility index (Phi) is 6.06. The minimum atomic E-state index is -0.391. The normalized spacial score (nSPS) is 29.5. The van der Waals surface area contributed by atoms with E-state index in [0.717, 1.165) is 44.1 Å². The molecule has 2 N–H and O–H groups in total. The molecule has 7 heteroatoms. The fourth-order valence-corrected chi connectivity index (χ4v) is 4.92. The molecule has 0 aliphatic heterocycles. The van der Waals surface area contributed by atoms with Crippen molar-refractivity contribution in [3.05, 3.63) is 39.9 Å². The summed E-state index contributed by atoms with van der Waals surface area (Å²) in [5, 5.41) is 10.8. The fraction of sp³-hybridized carbons (Fsp3) is 0.650. The predicted molar refractivity (Wildman–Crippen MR) is 105 cm³/mol. The van der Waals surface area contributed by atoms with Crippen molar-refractivity contribution in [3.8, 4) is 0 Å². The minimum absolute atomic E-state index is 0. The molecule has 3 fully saturated rings. The number of nitro benzene ring substituents is 1. The van der Waals surface area contributed by atoms with Gasteiger partial charge in [0.2, 0.25) is 5.91 Å². The standard InChI is InChI=1S/C20H27N3O3.ClH/c21-19-14-2-1-3-15(19)11-16(10-14)20(24)22(17-8-9-17)12-13-4-6-18(7-5-13)23(25)26;/h4-7,14-17,19H,1-3,8-12,21H2;1H. The molecule has 3 aliphatic carbocycles. The fourth-order valence-electron chi connectivity index (χ4n) is 4.92. The molecule has 3 saturated carbocycles. The lowest BCUT2D eigenvalue weighted by atomic mass is 9.65. The summed E-state index contributed by atoms with van der Waals surface area (Å²) in [7, 11) is 0. The van der Waals surface area contributed by atoms with Crippen molar-refractivity contribution in [2.45, 2.75) is 63.6 Å². The molecule has 4 rings (SSSR count). The molecule has 0 spiro atoms. The van der Waals surface area contributed by atoms with Crippen LogP contribution in [0.25, 0.3) is 0 Å². The summed E-state index contributed by atoms with van der Waals surface area (Å²) in [6, 6.07) is 7.20. The second-order valence-electron chi connectivity index (χ2n) is 8.32. The van der Waals surface area contributed by atoms with E-state index in [-0.39, 0.29) is 36.0 Å². The Hall–Kier alpha value is -1.66. The van der Waals surface area contributed by atoms with Gasteiger partial charge in [0.1, 0.15) is 0 Å². The molecule has 0 radical (unpaired) electrons. The summed E-state index contributed by atoms with van der Waals surface area (Å²) in [4.78, 5) is 25.7. The van der Waals surface area contributed by atoms with Crippen molar-refractivity contribution >= 4 is 24.0 Å². The molecular weight excluding hydrogens is 366 g/mol. The third-order valence-electron chi connectivity index (χ3n) is 6.53. The van der Waals surface area contributed by atoms with Crippen LogP contribution in [0, 0.1) is 27.9 Å². The number of carbonyl (C=O) groups excluding carboxylic acids is 1. The highest BCUT2D eigenvalue weighted by Gasteiger charge is 2.43. The van der Waals surface area contributed by atoms with Gasteiger partial charge in [-0.25, -0.2) is 0 Å². The van der Waals surface area contributed by atoms with Gasteiger partial charge in [0.25, 0.3) is 5.69 Å². The number of benzene rings is 1. The Morgan fingerprint density at radius 1 is 1.11 bits per heavy atom. The summed E-state index contributed by atoms with van der Waals surface area (Å²) >= 11 is 0. The second-order valence-corrected chi connectivity index (χ2v) is 8.32. The SMILES string of the molecule is Cl.NC1C2CCCC1CC(C(=O)N(Cc1ccc([N+](=O)[O-])cc1)C1CC1)C2. The molecule has 1 amide bonds. The van der Waals surface area contributed by atoms with Gasteiger partial charge in [-0.2, -0.15) is 0 Å². The maximum absolute atomic E-state index is 13.3. The molecule has 0 saturated heterocycles. The molecule has 1 aromatic rings. The van der Waals surface area contributed by atoms with Crippen LogP contribution >= 0.6 is 12.4 Å². The Labute approximate surface area is 166 Å². The first-order chi connectivity index (χ1) is 12.5. The van der Waals surface area contributed by atoms with E-state index >= 15 is 0 Å². The van der Waals surface area contributed by atoms with E-state index in [1.165, 1.54) is 18.6 Å². The number of halogens is 1. The highest BCUT2D eigenvalue weighted by molar-refractivity contribution is 5.85. The van der Waals surface area contributed by atoms with Gasteiger partial charge >= 0.3 is 0 Å². The van der Waals surface area contributed by atoms with Gasteiger partial charge in [-0.05, 0) is 55.9 Å². The van der Waals surface area contributed by atoms with Crippen LogP contribution in [-0.4, -0.2) is 27.8 Å². The van der Waals surface area contributed by atoms with Crippen LogP contribution in [0.5, 0.6) is 0 Å². The smallest absolute Gasteiger partial charge is 0.269 e. The van der Waals surface area contributed by atoms with Crippen LogP contribution in [0.3, 0.4) is 0 Å². The number of nitro groups is 1. The molecule has 0 aromatic heterocycles. The van der Waals surface area contributed by atoms with Crippen molar-refractivity contribution in [1.29, 1.82) is 0 Å². The molecule has 1 aromatic carbocycles. The highest BCUT2D eigenvalue weighted by atomic mass is 35.5. The van der Waals surface area contributed by atoms with Crippen molar-refractivity contribution in [2.75, 3.05) is 0 Å². The number of non-ortho nitro benzene ring substituents is 1. The average Bonchev–Trinajstić information content (AvgIpc) is 3.44. The average molecular weight is 394 g/mol. The summed E-state index contributed by atoms with van der Waals surface area (Å²) in [6.07, 6.45) is 7.56. The molecular formula is C20H28ClN3O3. The first-order valence-corrected chi connectivity index (χ1v) is 9.82. The highest BCUT2D eigenvalue weighted by Crippen LogP contribution is 2.43. The Bertz CT molecular complexity index is 678. The van der Waals surface area contributed by atoms with E-state index in [2.05, 4.69) is 0 Å². The second kappa shape index (κ2) is 8.15. The van der Waals surface area contributed by atoms with Crippen molar-refractivity contribution in [3.63, 3.8) is 0 Å². The van der Waals surface area contributed by atoms with E-state index in [1.54, 1.807) is 12.1 Å². The number of fused-ring (bicyclic) bond motifs is 2. The first kappa shape index (κ1) is 20.1. The Morgan fingerprint density at radius 2 is 1.70 bits per heavy atom. The van der Waals surface area contributed by atoms with E-state index in [1.807, 2.05) is 4.90 Å². The van der Waals surface area contributed by atoms with E-state index < -0.39 is 4.92 Å². The molecule has 3 aliphatic rings. The predicted octanol–water partition coefficient (Wildman–Crippen LogP) is 3.66. The largest absolute Gasteiger partial charge is 0.335 e. The number of nitrogens with zero attached hydrogens (tertiary/aromatic N) is 2. The minimum Gasteiger partial charge on any atom is -0.335 e. The van der Waals surface area contributed by atoms with E-state index in [9.17, 15) is 14.9 Å². The Balaban J connectivity index is 0.00000210. The van der Waals surface area contributed by atoms with E-state index in [4.69, 9.17) is 5.73 Å². The topological polar surface area (TPSA) is 89.5 Å². The zero-order valence-electron chi connectivity index (χ0n) is 15.5. The lowest BCUT2D eigenvalue weighted by Gasteiger charge is -2.44. The van der Waals surface area contributed by atoms with Gasteiger partial charge in [-0.3, -0.25) is 14.9 Å². The summed E-state index contributed by atoms with van der Waals surface area (Å²) in [6.45, 7) is 0.555. The van der Waals surface area contributed by atoms with Gasteiger partial charge in [0.15, 0.2) is 0 Å². The maximum Gasteiger partial charge on any atom is 0.269 e. The molecule has 148 valence electrons. The maximum atomic E-state index is 13.3. The third-order valence-corrected chi connectivity index (χ3v) is 6.53. The summed E-state index contributed by atoms with van der Waals surface area (Å²) in [5.74, 6) is 1.37. The number of hydrogen-bond donors (Lipinski definition) is 1. The van der Waals surface area contributed by atoms with Crippen molar-refractivity contribution in [2.24, 2.45) is 23.5 Å². The van der Waals surface area contributed by atoms with Gasteiger partial charge in [-0.1, -0.05) is 18.6 Å². The number of rotatable bonds is 5. The van der Waals surface area contributed by atoms with Gasteiger partial charge < -0.3 is 10.6 Å². The van der Waals surface area contributed by atoms with Crippen LogP contribution in [-0.2, 0) is 11.3 Å². The van der Waals surface area contributed by atoms with Crippen LogP contribution in [0.1, 0.15) is 50.5 Å². The van der Waals surface area contributed by atoms with Crippen LogP contribution in [0.15, 0.2) is 24.3 Å². The van der Waals surface area contributed by atoms with Gasteiger partial charge in [0.05, 0.1) is 4.92 Å². The van der Waals surface area contributed by atoms with Gasteiger partial charge in [-0.15, -0.1) is 12.4 Å². The molecule has 2 unspecified atom stereocenters. The van der Waals surface area contributed by atoms with Crippen molar-refractivity contribution < 1.29 is 9.72 Å². The third kappa shape index (κ3) is 4.27. The molecule has 0 heterocycles. The zero-order chi connectivity index (χ0) is 18.3. The number of hydrogen-bond acceptors (Lipinski definition) is 4. The lowest BCUT2D eigenvalue weighted by Crippen LogP contribution is -2.50. The quantitative estimate of drug-likeness (QED) is 0.610.